The van der Waals surface area contributed by atoms with Crippen molar-refractivity contribution in [3.63, 3.8) is 0 Å². The zero-order valence-corrected chi connectivity index (χ0v) is 7.49. The van der Waals surface area contributed by atoms with Crippen LogP contribution in [0.2, 0.25) is 0 Å². The summed E-state index contributed by atoms with van der Waals surface area (Å²) in [5.41, 5.74) is 0. The van der Waals surface area contributed by atoms with Gasteiger partial charge in [-0.2, -0.15) is 0 Å². The highest BCUT2D eigenvalue weighted by atomic mass is 32.2. The first-order valence-electron chi connectivity index (χ1n) is 3.41. The number of nitrogens with two attached hydrogens (primary N) is 1. The summed E-state index contributed by atoms with van der Waals surface area (Å²) in [6.45, 7) is -0.591. The number of hydrogen-bond acceptors (Lipinski definition) is 4. The molecule has 0 amide bonds. The van der Waals surface area contributed by atoms with Crippen molar-refractivity contribution in [2.45, 2.75) is 4.90 Å². The maximum absolute atomic E-state index is 10.9. The number of hydrogen-bond donors (Lipinski definition) is 2. The number of aliphatic hydroxyl groups is 1. The van der Waals surface area contributed by atoms with Gasteiger partial charge >= 0.3 is 0 Å². The number of ether oxygens (including phenoxy) is 1. The Kier molecular flexibility index (Phi) is 2.86. The van der Waals surface area contributed by atoms with E-state index in [4.69, 9.17) is 10.2 Å². The second-order valence-corrected chi connectivity index (χ2v) is 3.80. The van der Waals surface area contributed by atoms with Gasteiger partial charge in [0.25, 0.3) is 0 Å². The second-order valence-electron chi connectivity index (χ2n) is 2.27. The van der Waals surface area contributed by atoms with Crippen LogP contribution in [0.25, 0.3) is 0 Å². The average molecular weight is 203 g/mol. The van der Waals surface area contributed by atoms with Crippen molar-refractivity contribution in [3.8, 4) is 5.75 Å². The van der Waals surface area contributed by atoms with Gasteiger partial charge in [0, 0.05) is 0 Å². The van der Waals surface area contributed by atoms with E-state index in [-0.39, 0.29) is 10.6 Å². The van der Waals surface area contributed by atoms with Crippen LogP contribution in [0.15, 0.2) is 29.2 Å². The zero-order valence-electron chi connectivity index (χ0n) is 6.67. The Morgan fingerprint density at radius 1 is 1.38 bits per heavy atom. The Balaban J connectivity index is 3.20. The standard InChI is InChI=1S/C7H9NO4S/c8-13(10,11)7-4-2-1-3-6(7)12-5-9/h1-4,9H,5H2,(H2,8,10,11). The Bertz CT molecular complexity index is 387. The number of rotatable bonds is 3. The molecule has 5 nitrogen and oxygen atoms in total. The number of primary sulfonamides is 1. The first-order chi connectivity index (χ1) is 6.05. The topological polar surface area (TPSA) is 89.6 Å². The van der Waals surface area contributed by atoms with E-state index in [2.05, 4.69) is 4.74 Å². The van der Waals surface area contributed by atoms with E-state index >= 15 is 0 Å². The van der Waals surface area contributed by atoms with Gasteiger partial charge in [-0.1, -0.05) is 12.1 Å². The Labute approximate surface area is 75.8 Å². The molecule has 0 saturated carbocycles. The average Bonchev–Trinajstić information content (AvgIpc) is 2.04. The number of para-hydroxylation sites is 1. The van der Waals surface area contributed by atoms with Gasteiger partial charge in [0.05, 0.1) is 0 Å². The van der Waals surface area contributed by atoms with E-state index in [1.807, 2.05) is 0 Å². The molecule has 0 atom stereocenters. The summed E-state index contributed by atoms with van der Waals surface area (Å²) < 4.78 is 26.5. The minimum atomic E-state index is -3.79. The monoisotopic (exact) mass is 203 g/mol. The van der Waals surface area contributed by atoms with Crippen molar-refractivity contribution < 1.29 is 18.3 Å². The molecule has 72 valence electrons. The van der Waals surface area contributed by atoms with E-state index in [0.717, 1.165) is 0 Å². The second kappa shape index (κ2) is 3.73. The third-order valence-electron chi connectivity index (χ3n) is 1.38. The van der Waals surface area contributed by atoms with Crippen LogP contribution in [0.1, 0.15) is 0 Å². The highest BCUT2D eigenvalue weighted by Crippen LogP contribution is 2.21. The molecule has 0 aliphatic heterocycles. The van der Waals surface area contributed by atoms with Crippen LogP contribution in [-0.4, -0.2) is 20.3 Å². The van der Waals surface area contributed by atoms with Gasteiger partial charge in [-0.05, 0) is 12.1 Å². The lowest BCUT2D eigenvalue weighted by atomic mass is 10.3. The van der Waals surface area contributed by atoms with Crippen molar-refractivity contribution in [3.05, 3.63) is 24.3 Å². The van der Waals surface area contributed by atoms with E-state index in [9.17, 15) is 8.42 Å². The molecule has 0 aliphatic rings. The van der Waals surface area contributed by atoms with Crippen molar-refractivity contribution in [1.82, 2.24) is 0 Å². The molecule has 0 radical (unpaired) electrons. The van der Waals surface area contributed by atoms with Gasteiger partial charge in [-0.3, -0.25) is 0 Å². The van der Waals surface area contributed by atoms with Crippen LogP contribution in [-0.2, 0) is 10.0 Å². The third-order valence-corrected chi connectivity index (χ3v) is 2.33. The zero-order chi connectivity index (χ0) is 9.90. The third kappa shape index (κ3) is 2.41. The van der Waals surface area contributed by atoms with E-state index in [1.54, 1.807) is 6.07 Å². The molecule has 0 saturated heterocycles. The largest absolute Gasteiger partial charge is 0.466 e. The van der Waals surface area contributed by atoms with Crippen LogP contribution < -0.4 is 9.88 Å². The molecular formula is C7H9NO4S. The summed E-state index contributed by atoms with van der Waals surface area (Å²) in [6.07, 6.45) is 0. The van der Waals surface area contributed by atoms with Crippen LogP contribution in [0.5, 0.6) is 5.75 Å². The maximum Gasteiger partial charge on any atom is 0.241 e. The molecule has 0 bridgehead atoms. The molecule has 1 aromatic rings. The highest BCUT2D eigenvalue weighted by molar-refractivity contribution is 7.89. The fraction of sp³-hybridized carbons (Fsp3) is 0.143. The van der Waals surface area contributed by atoms with Gasteiger partial charge in [0.15, 0.2) is 6.79 Å². The highest BCUT2D eigenvalue weighted by Gasteiger charge is 2.13. The number of sulfonamides is 1. The van der Waals surface area contributed by atoms with E-state index in [0.29, 0.717) is 0 Å². The Hall–Kier alpha value is -1.11. The molecular weight excluding hydrogens is 194 g/mol. The fourth-order valence-electron chi connectivity index (χ4n) is 0.874. The van der Waals surface area contributed by atoms with E-state index < -0.39 is 16.8 Å². The van der Waals surface area contributed by atoms with Crippen molar-refractivity contribution in [2.75, 3.05) is 6.79 Å². The van der Waals surface area contributed by atoms with Gasteiger partial charge < -0.3 is 9.84 Å². The van der Waals surface area contributed by atoms with Gasteiger partial charge in [0.2, 0.25) is 10.0 Å². The maximum atomic E-state index is 10.9. The Morgan fingerprint density at radius 2 is 2.00 bits per heavy atom. The fourth-order valence-corrected chi connectivity index (χ4v) is 1.55. The van der Waals surface area contributed by atoms with Crippen molar-refractivity contribution >= 4 is 10.0 Å². The molecule has 0 fully saturated rings. The number of benzene rings is 1. The van der Waals surface area contributed by atoms with E-state index in [1.165, 1.54) is 18.2 Å². The molecule has 0 aliphatic carbocycles. The van der Waals surface area contributed by atoms with Crippen LogP contribution in [0.3, 0.4) is 0 Å². The summed E-state index contributed by atoms with van der Waals surface area (Å²) >= 11 is 0. The minimum absolute atomic E-state index is 0.0486. The summed E-state index contributed by atoms with van der Waals surface area (Å²) in [6, 6.07) is 5.82. The van der Waals surface area contributed by atoms with Crippen LogP contribution in [0, 0.1) is 0 Å². The molecule has 0 heterocycles. The lowest BCUT2D eigenvalue weighted by Gasteiger charge is -2.06. The molecule has 1 rings (SSSR count). The first kappa shape index (κ1) is 9.97. The molecule has 13 heavy (non-hydrogen) atoms. The molecule has 0 unspecified atom stereocenters. The molecule has 6 heteroatoms. The SMILES string of the molecule is NS(=O)(=O)c1ccccc1OCO. The molecule has 1 aromatic carbocycles. The minimum Gasteiger partial charge on any atom is -0.466 e. The lowest BCUT2D eigenvalue weighted by molar-refractivity contribution is 0.0957. The molecule has 3 N–H and O–H groups in total. The van der Waals surface area contributed by atoms with Crippen molar-refractivity contribution in [2.24, 2.45) is 5.14 Å². The summed E-state index contributed by atoms with van der Waals surface area (Å²) in [5, 5.41) is 13.4. The summed E-state index contributed by atoms with van der Waals surface area (Å²) in [7, 11) is -3.79. The predicted molar refractivity (Wildman–Crippen MR) is 45.5 cm³/mol. The summed E-state index contributed by atoms with van der Waals surface area (Å²) in [5.74, 6) is 0.0486. The van der Waals surface area contributed by atoms with Crippen LogP contribution >= 0.6 is 0 Å². The summed E-state index contributed by atoms with van der Waals surface area (Å²) in [4.78, 5) is -0.135. The quantitative estimate of drug-likeness (QED) is 0.658. The van der Waals surface area contributed by atoms with Gasteiger partial charge in [-0.15, -0.1) is 0 Å². The van der Waals surface area contributed by atoms with Gasteiger partial charge in [-0.25, -0.2) is 13.6 Å². The van der Waals surface area contributed by atoms with Crippen LogP contribution in [0.4, 0.5) is 0 Å². The van der Waals surface area contributed by atoms with Gasteiger partial charge in [0.1, 0.15) is 10.6 Å². The number of aliphatic hydroxyl groups excluding tert-OH is 1. The Morgan fingerprint density at radius 3 is 2.54 bits per heavy atom. The molecule has 0 spiro atoms. The lowest BCUT2D eigenvalue weighted by Crippen LogP contribution is -2.13. The first-order valence-corrected chi connectivity index (χ1v) is 4.96. The molecule has 0 aromatic heterocycles. The van der Waals surface area contributed by atoms with Crippen molar-refractivity contribution in [1.29, 1.82) is 0 Å². The predicted octanol–water partition coefficient (Wildman–Crippen LogP) is -0.337. The normalized spacial score (nSPS) is 11.2. The smallest absolute Gasteiger partial charge is 0.241 e.